The van der Waals surface area contributed by atoms with E-state index in [4.69, 9.17) is 0 Å². The molecule has 3 aliphatic heterocycles. The van der Waals surface area contributed by atoms with Gasteiger partial charge in [0.1, 0.15) is 5.82 Å². The summed E-state index contributed by atoms with van der Waals surface area (Å²) in [6.45, 7) is 18.0. The highest BCUT2D eigenvalue weighted by atomic mass is 19.1. The van der Waals surface area contributed by atoms with Crippen LogP contribution in [-0.4, -0.2) is 94.5 Å². The molecule has 6 fully saturated rings. The number of halogens is 1. The zero-order chi connectivity index (χ0) is 37.5. The minimum atomic E-state index is -0.763. The third-order valence-corrected chi connectivity index (χ3v) is 14.1. The van der Waals surface area contributed by atoms with E-state index in [-0.39, 0.29) is 11.7 Å². The molecule has 294 valence electrons. The van der Waals surface area contributed by atoms with Crippen molar-refractivity contribution in [1.82, 2.24) is 14.7 Å². The topological polar surface area (TPSA) is 70.4 Å². The molecule has 0 radical (unpaired) electrons. The summed E-state index contributed by atoms with van der Waals surface area (Å²) in [4.78, 5) is 7.50. The zero-order valence-electron chi connectivity index (χ0n) is 33.1. The van der Waals surface area contributed by atoms with Gasteiger partial charge in [-0.05, 0) is 178 Å². The maximum Gasteiger partial charge on any atom is 0.126 e. The average molecular weight is 732 g/mol. The van der Waals surface area contributed by atoms with Crippen molar-refractivity contribution in [3.63, 3.8) is 0 Å². The Morgan fingerprint density at radius 3 is 1.62 bits per heavy atom. The molecule has 2 aromatic rings. The number of aryl methyl sites for hydroxylation is 2. The van der Waals surface area contributed by atoms with Gasteiger partial charge in [0.2, 0.25) is 0 Å². The molecule has 3 saturated heterocycles. The van der Waals surface area contributed by atoms with Crippen LogP contribution in [0.5, 0.6) is 0 Å². The normalized spacial score (nSPS) is 33.5. The highest BCUT2D eigenvalue weighted by Crippen LogP contribution is 2.46. The molecule has 3 heterocycles. The van der Waals surface area contributed by atoms with Crippen molar-refractivity contribution >= 4 is 0 Å². The van der Waals surface area contributed by atoms with Crippen molar-refractivity contribution in [2.24, 2.45) is 17.8 Å². The molecule has 6 aliphatic rings. The van der Waals surface area contributed by atoms with Gasteiger partial charge in [-0.1, -0.05) is 42.5 Å². The van der Waals surface area contributed by atoms with Crippen LogP contribution in [0.15, 0.2) is 55.1 Å². The van der Waals surface area contributed by atoms with Gasteiger partial charge in [-0.3, -0.25) is 0 Å². The van der Waals surface area contributed by atoms with E-state index < -0.39 is 16.8 Å². The SMILES string of the molecule is C=CC1(O)CCCC1CN1CCCC1.Cc1cc(C2(O)CCCC2CN2CCCC2)ccc1F.Cc1ccccc1C1(O)CCCC1CN1CCCC1. The Balaban J connectivity index is 0.000000138. The van der Waals surface area contributed by atoms with E-state index in [1.54, 1.807) is 19.1 Å². The largest absolute Gasteiger partial charge is 0.385 e. The molecule has 3 N–H and O–H groups in total. The number of benzene rings is 2. The second-order valence-electron chi connectivity index (χ2n) is 17.6. The summed E-state index contributed by atoms with van der Waals surface area (Å²) in [7, 11) is 0. The van der Waals surface area contributed by atoms with E-state index in [0.29, 0.717) is 17.4 Å². The molecule has 3 saturated carbocycles. The quantitative estimate of drug-likeness (QED) is 0.227. The third kappa shape index (κ3) is 9.64. The Morgan fingerprint density at radius 2 is 1.09 bits per heavy atom. The summed E-state index contributed by atoms with van der Waals surface area (Å²) < 4.78 is 13.4. The smallest absolute Gasteiger partial charge is 0.126 e. The standard InChI is InChI=1S/C17H24FNO.C17H25NO.C12H21NO/c1-13-11-14(6-7-16(13)18)17(20)8-4-5-15(17)12-19-9-2-3-10-19;1-14-7-2-3-9-16(14)17(19)10-6-8-15(17)13-18-11-4-5-12-18;1-2-12(14)7-5-6-11(12)10-13-8-3-4-9-13/h6-7,11,15,20H,2-5,8-10,12H2,1H3;2-3,7,9,15,19H,4-6,8,10-13H2,1H3;2,11,14H,1,3-10H2. The second kappa shape index (κ2) is 18.2. The van der Waals surface area contributed by atoms with Gasteiger partial charge < -0.3 is 30.0 Å². The number of hydrogen-bond acceptors (Lipinski definition) is 6. The average Bonchev–Trinajstić information content (AvgIpc) is 4.02. The second-order valence-corrected chi connectivity index (χ2v) is 17.6. The van der Waals surface area contributed by atoms with Crippen molar-refractivity contribution in [2.45, 2.75) is 127 Å². The van der Waals surface area contributed by atoms with E-state index in [2.05, 4.69) is 52.5 Å². The summed E-state index contributed by atoms with van der Waals surface area (Å²) in [6.07, 6.45) is 19.1. The Labute approximate surface area is 320 Å². The maximum absolute atomic E-state index is 13.4. The fraction of sp³-hybridized carbons (Fsp3) is 0.696. The first kappa shape index (κ1) is 40.5. The minimum absolute atomic E-state index is 0.188. The van der Waals surface area contributed by atoms with Crippen molar-refractivity contribution < 1.29 is 19.7 Å². The van der Waals surface area contributed by atoms with Gasteiger partial charge in [0.05, 0.1) is 16.8 Å². The number of hydrogen-bond donors (Lipinski definition) is 3. The molecular weight excluding hydrogens is 662 g/mol. The Bertz CT molecular complexity index is 1470. The molecule has 3 aliphatic carbocycles. The van der Waals surface area contributed by atoms with E-state index >= 15 is 0 Å². The van der Waals surface area contributed by atoms with Crippen molar-refractivity contribution in [3.05, 3.63) is 83.2 Å². The van der Waals surface area contributed by atoms with Crippen LogP contribution in [-0.2, 0) is 11.2 Å². The Morgan fingerprint density at radius 1 is 0.623 bits per heavy atom. The molecule has 6 unspecified atom stereocenters. The third-order valence-electron chi connectivity index (χ3n) is 14.1. The van der Waals surface area contributed by atoms with Gasteiger partial charge in [-0.2, -0.15) is 0 Å². The van der Waals surface area contributed by atoms with E-state index in [9.17, 15) is 19.7 Å². The molecule has 0 bridgehead atoms. The molecule has 2 aromatic carbocycles. The summed E-state index contributed by atoms with van der Waals surface area (Å²) >= 11 is 0. The van der Waals surface area contributed by atoms with Gasteiger partial charge in [-0.25, -0.2) is 4.39 Å². The van der Waals surface area contributed by atoms with Crippen LogP contribution in [0.1, 0.15) is 119 Å². The molecular formula is C46H70FN3O3. The summed E-state index contributed by atoms with van der Waals surface area (Å²) in [5, 5.41) is 32.7. The van der Waals surface area contributed by atoms with Crippen molar-refractivity contribution in [3.8, 4) is 0 Å². The predicted molar refractivity (Wildman–Crippen MR) is 214 cm³/mol. The van der Waals surface area contributed by atoms with Crippen LogP contribution in [0, 0.1) is 37.4 Å². The van der Waals surface area contributed by atoms with Crippen molar-refractivity contribution in [1.29, 1.82) is 0 Å². The highest BCUT2D eigenvalue weighted by molar-refractivity contribution is 5.33. The molecule has 0 aromatic heterocycles. The lowest BCUT2D eigenvalue weighted by molar-refractivity contribution is -0.0141. The van der Waals surface area contributed by atoms with Crippen LogP contribution in [0.4, 0.5) is 4.39 Å². The molecule has 8 rings (SSSR count). The molecule has 6 nitrogen and oxygen atoms in total. The molecule has 7 heteroatoms. The van der Waals surface area contributed by atoms with Crippen LogP contribution >= 0.6 is 0 Å². The number of rotatable bonds is 9. The Hall–Kier alpha value is -2.13. The lowest BCUT2D eigenvalue weighted by Crippen LogP contribution is -2.38. The molecule has 6 atom stereocenters. The maximum atomic E-state index is 13.4. The molecule has 53 heavy (non-hydrogen) atoms. The van der Waals surface area contributed by atoms with Crippen molar-refractivity contribution in [2.75, 3.05) is 58.9 Å². The number of nitrogens with zero attached hydrogens (tertiary/aromatic N) is 3. The van der Waals surface area contributed by atoms with Gasteiger partial charge in [0.15, 0.2) is 0 Å². The Kier molecular flexibility index (Phi) is 13.9. The summed E-state index contributed by atoms with van der Waals surface area (Å²) in [5.74, 6) is 0.932. The highest BCUT2D eigenvalue weighted by Gasteiger charge is 2.45. The van der Waals surface area contributed by atoms with Gasteiger partial charge in [0, 0.05) is 37.4 Å². The molecule has 0 amide bonds. The molecule has 0 spiro atoms. The van der Waals surface area contributed by atoms with E-state index in [1.165, 1.54) is 89.2 Å². The zero-order valence-corrected chi connectivity index (χ0v) is 33.1. The van der Waals surface area contributed by atoms with E-state index in [1.807, 2.05) is 6.07 Å². The van der Waals surface area contributed by atoms with Crippen LogP contribution in [0.3, 0.4) is 0 Å². The van der Waals surface area contributed by atoms with E-state index in [0.717, 1.165) is 88.8 Å². The van der Waals surface area contributed by atoms with Gasteiger partial charge in [0.25, 0.3) is 0 Å². The van der Waals surface area contributed by atoms with Crippen LogP contribution in [0.2, 0.25) is 0 Å². The van der Waals surface area contributed by atoms with Crippen LogP contribution < -0.4 is 0 Å². The first-order chi connectivity index (χ1) is 25.5. The predicted octanol–water partition coefficient (Wildman–Crippen LogP) is 8.10. The first-order valence-corrected chi connectivity index (χ1v) is 21.3. The first-order valence-electron chi connectivity index (χ1n) is 21.3. The minimum Gasteiger partial charge on any atom is -0.385 e. The summed E-state index contributed by atoms with van der Waals surface area (Å²) in [5.41, 5.74) is 2.01. The lowest BCUT2D eigenvalue weighted by atomic mass is 9.81. The fourth-order valence-corrected chi connectivity index (χ4v) is 10.7. The summed E-state index contributed by atoms with van der Waals surface area (Å²) in [6, 6.07) is 13.5. The van der Waals surface area contributed by atoms with Gasteiger partial charge >= 0.3 is 0 Å². The van der Waals surface area contributed by atoms with Gasteiger partial charge in [-0.15, -0.1) is 6.58 Å². The number of likely N-dealkylation sites (tertiary alicyclic amines) is 3. The lowest BCUT2D eigenvalue weighted by Gasteiger charge is -2.34. The monoisotopic (exact) mass is 732 g/mol. The number of aliphatic hydroxyl groups is 3. The fourth-order valence-electron chi connectivity index (χ4n) is 10.7. The van der Waals surface area contributed by atoms with Crippen LogP contribution in [0.25, 0.3) is 0 Å².